The zero-order valence-electron chi connectivity index (χ0n) is 8.14. The predicted molar refractivity (Wildman–Crippen MR) is 54.7 cm³/mol. The van der Waals surface area contributed by atoms with Gasteiger partial charge in [0.15, 0.2) is 0 Å². The van der Waals surface area contributed by atoms with Crippen molar-refractivity contribution in [3.05, 3.63) is 34.6 Å². The first-order valence-corrected chi connectivity index (χ1v) is 4.85. The molecule has 2 heteroatoms. The summed E-state index contributed by atoms with van der Waals surface area (Å²) < 4.78 is 13.5. The Morgan fingerprint density at radius 2 is 1.85 bits per heavy atom. The summed E-state index contributed by atoms with van der Waals surface area (Å²) in [6.07, 6.45) is 0. The predicted octanol–water partition coefficient (Wildman–Crippen LogP) is 4.24. The Balaban J connectivity index is 3.07. The van der Waals surface area contributed by atoms with E-state index in [9.17, 15) is 4.39 Å². The fourth-order valence-corrected chi connectivity index (χ4v) is 1.41. The van der Waals surface area contributed by atoms with Crippen molar-refractivity contribution < 1.29 is 4.39 Å². The molecule has 0 aliphatic carbocycles. The normalized spacial score (nSPS) is 13.4. The highest BCUT2D eigenvalue weighted by Crippen LogP contribution is 2.29. The van der Waals surface area contributed by atoms with E-state index in [0.29, 0.717) is 11.5 Å². The highest BCUT2D eigenvalue weighted by molar-refractivity contribution is 6.30. The lowest BCUT2D eigenvalue weighted by Gasteiger charge is -2.16. The van der Waals surface area contributed by atoms with Crippen LogP contribution in [0.5, 0.6) is 0 Å². The molecule has 0 unspecified atom stereocenters. The molecule has 0 radical (unpaired) electrons. The SMILES string of the molecule is CC(C)[C@H](C)c1cccc(Cl)c1F. The molecular weight excluding hydrogens is 187 g/mol. The van der Waals surface area contributed by atoms with Gasteiger partial charge in [-0.25, -0.2) is 4.39 Å². The summed E-state index contributed by atoms with van der Waals surface area (Å²) in [5.41, 5.74) is 0.711. The first kappa shape index (κ1) is 10.5. The Bertz CT molecular complexity index is 294. The lowest BCUT2D eigenvalue weighted by Crippen LogP contribution is -2.04. The van der Waals surface area contributed by atoms with Gasteiger partial charge in [0.2, 0.25) is 0 Å². The molecule has 0 amide bonds. The highest BCUT2D eigenvalue weighted by Gasteiger charge is 2.15. The molecule has 0 saturated heterocycles. The number of hydrogen-bond donors (Lipinski definition) is 0. The molecule has 0 spiro atoms. The Morgan fingerprint density at radius 3 is 2.38 bits per heavy atom. The van der Waals surface area contributed by atoms with Gasteiger partial charge in [-0.2, -0.15) is 0 Å². The van der Waals surface area contributed by atoms with E-state index in [2.05, 4.69) is 13.8 Å². The molecule has 1 rings (SSSR count). The Hall–Kier alpha value is -0.560. The number of halogens is 2. The summed E-state index contributed by atoms with van der Waals surface area (Å²) in [6, 6.07) is 5.17. The highest BCUT2D eigenvalue weighted by atomic mass is 35.5. The van der Waals surface area contributed by atoms with Crippen molar-refractivity contribution in [2.24, 2.45) is 5.92 Å². The van der Waals surface area contributed by atoms with Crippen LogP contribution >= 0.6 is 11.6 Å². The van der Waals surface area contributed by atoms with Crippen LogP contribution in [0.15, 0.2) is 18.2 Å². The fourth-order valence-electron chi connectivity index (χ4n) is 1.23. The minimum Gasteiger partial charge on any atom is -0.205 e. The Morgan fingerprint density at radius 1 is 1.23 bits per heavy atom. The van der Waals surface area contributed by atoms with Crippen LogP contribution in [0.4, 0.5) is 4.39 Å². The van der Waals surface area contributed by atoms with Gasteiger partial charge in [0.25, 0.3) is 0 Å². The molecule has 0 heterocycles. The van der Waals surface area contributed by atoms with Crippen LogP contribution in [0.25, 0.3) is 0 Å². The van der Waals surface area contributed by atoms with Gasteiger partial charge in [0.05, 0.1) is 5.02 Å². The Kier molecular flexibility index (Phi) is 3.32. The summed E-state index contributed by atoms with van der Waals surface area (Å²) >= 11 is 5.69. The van der Waals surface area contributed by atoms with E-state index in [1.807, 2.05) is 6.92 Å². The number of hydrogen-bond acceptors (Lipinski definition) is 0. The molecule has 0 aliphatic heterocycles. The van der Waals surface area contributed by atoms with E-state index >= 15 is 0 Å². The zero-order chi connectivity index (χ0) is 10.0. The molecular formula is C11H14ClF. The second kappa shape index (κ2) is 4.10. The lowest BCUT2D eigenvalue weighted by atomic mass is 9.90. The number of rotatable bonds is 2. The van der Waals surface area contributed by atoms with E-state index < -0.39 is 0 Å². The van der Waals surface area contributed by atoms with Gasteiger partial charge in [-0.05, 0) is 23.5 Å². The molecule has 0 bridgehead atoms. The number of benzene rings is 1. The maximum absolute atomic E-state index is 13.5. The summed E-state index contributed by atoms with van der Waals surface area (Å²) in [5, 5.41) is 0.213. The van der Waals surface area contributed by atoms with Crippen LogP contribution in [-0.2, 0) is 0 Å². The van der Waals surface area contributed by atoms with Crippen molar-refractivity contribution in [1.82, 2.24) is 0 Å². The van der Waals surface area contributed by atoms with Gasteiger partial charge in [0.1, 0.15) is 5.82 Å². The smallest absolute Gasteiger partial charge is 0.145 e. The zero-order valence-corrected chi connectivity index (χ0v) is 8.90. The molecule has 0 saturated carbocycles. The molecule has 1 aromatic rings. The average molecular weight is 201 g/mol. The van der Waals surface area contributed by atoms with Crippen molar-refractivity contribution in [1.29, 1.82) is 0 Å². The van der Waals surface area contributed by atoms with Crippen LogP contribution in [0.1, 0.15) is 32.3 Å². The topological polar surface area (TPSA) is 0 Å². The lowest BCUT2D eigenvalue weighted by molar-refractivity contribution is 0.502. The first-order chi connectivity index (χ1) is 6.04. The summed E-state index contributed by atoms with van der Waals surface area (Å²) in [7, 11) is 0. The van der Waals surface area contributed by atoms with E-state index in [0.717, 1.165) is 0 Å². The van der Waals surface area contributed by atoms with Gasteiger partial charge in [-0.15, -0.1) is 0 Å². The fraction of sp³-hybridized carbons (Fsp3) is 0.455. The van der Waals surface area contributed by atoms with Crippen LogP contribution < -0.4 is 0 Å². The molecule has 0 N–H and O–H groups in total. The maximum Gasteiger partial charge on any atom is 0.145 e. The van der Waals surface area contributed by atoms with Gasteiger partial charge < -0.3 is 0 Å². The maximum atomic E-state index is 13.5. The van der Waals surface area contributed by atoms with Gasteiger partial charge in [-0.1, -0.05) is 44.5 Å². The van der Waals surface area contributed by atoms with Crippen LogP contribution in [0.2, 0.25) is 5.02 Å². The van der Waals surface area contributed by atoms with Crippen LogP contribution in [0.3, 0.4) is 0 Å². The first-order valence-electron chi connectivity index (χ1n) is 4.48. The third-order valence-electron chi connectivity index (χ3n) is 2.47. The molecule has 0 nitrogen and oxygen atoms in total. The molecule has 1 atom stereocenters. The van der Waals surface area contributed by atoms with Crippen molar-refractivity contribution in [2.45, 2.75) is 26.7 Å². The van der Waals surface area contributed by atoms with Gasteiger partial charge in [-0.3, -0.25) is 0 Å². The molecule has 0 fully saturated rings. The van der Waals surface area contributed by atoms with Crippen molar-refractivity contribution in [3.8, 4) is 0 Å². The quantitative estimate of drug-likeness (QED) is 0.670. The molecule has 1 aromatic carbocycles. The van der Waals surface area contributed by atoms with Crippen LogP contribution in [0, 0.1) is 11.7 Å². The third-order valence-corrected chi connectivity index (χ3v) is 2.76. The van der Waals surface area contributed by atoms with E-state index in [-0.39, 0.29) is 16.8 Å². The van der Waals surface area contributed by atoms with E-state index in [1.165, 1.54) is 0 Å². The van der Waals surface area contributed by atoms with E-state index in [4.69, 9.17) is 11.6 Å². The molecule has 72 valence electrons. The molecule has 0 aliphatic rings. The summed E-state index contributed by atoms with van der Waals surface area (Å²) in [5.74, 6) is 0.358. The van der Waals surface area contributed by atoms with Crippen LogP contribution in [-0.4, -0.2) is 0 Å². The minimum atomic E-state index is -0.273. The van der Waals surface area contributed by atoms with E-state index in [1.54, 1.807) is 18.2 Å². The summed E-state index contributed by atoms with van der Waals surface area (Å²) in [4.78, 5) is 0. The molecule has 0 aromatic heterocycles. The minimum absolute atomic E-state index is 0.207. The second-order valence-corrected chi connectivity index (χ2v) is 4.08. The second-order valence-electron chi connectivity index (χ2n) is 3.68. The van der Waals surface area contributed by atoms with Crippen molar-refractivity contribution in [3.63, 3.8) is 0 Å². The Labute approximate surface area is 83.7 Å². The standard InChI is InChI=1S/C11H14ClF/c1-7(2)8(3)9-5-4-6-10(12)11(9)13/h4-8H,1-3H3/t8-/m0/s1. The average Bonchev–Trinajstić information content (AvgIpc) is 2.08. The monoisotopic (exact) mass is 200 g/mol. The summed E-state index contributed by atoms with van der Waals surface area (Å²) in [6.45, 7) is 6.16. The van der Waals surface area contributed by atoms with Gasteiger partial charge >= 0.3 is 0 Å². The largest absolute Gasteiger partial charge is 0.205 e. The molecule has 13 heavy (non-hydrogen) atoms. The van der Waals surface area contributed by atoms with Crippen molar-refractivity contribution >= 4 is 11.6 Å². The van der Waals surface area contributed by atoms with Crippen molar-refractivity contribution in [2.75, 3.05) is 0 Å². The van der Waals surface area contributed by atoms with Gasteiger partial charge in [0, 0.05) is 0 Å². The third kappa shape index (κ3) is 2.22.